The fourth-order valence-electron chi connectivity index (χ4n) is 2.74. The van der Waals surface area contributed by atoms with Crippen molar-refractivity contribution < 1.29 is 9.59 Å². The molecule has 3 rings (SSSR count). The number of nitrogens with zero attached hydrogens (tertiary/aromatic N) is 1. The predicted molar refractivity (Wildman–Crippen MR) is 101 cm³/mol. The molecule has 0 bridgehead atoms. The zero-order chi connectivity index (χ0) is 17.8. The maximum absolute atomic E-state index is 12.5. The van der Waals surface area contributed by atoms with Crippen LogP contribution in [0.1, 0.15) is 41.5 Å². The number of amides is 3. The minimum Gasteiger partial charge on any atom is -0.352 e. The summed E-state index contributed by atoms with van der Waals surface area (Å²) < 4.78 is 0. The van der Waals surface area contributed by atoms with Crippen molar-refractivity contribution in [2.45, 2.75) is 26.3 Å². The van der Waals surface area contributed by atoms with Crippen LogP contribution in [0, 0.1) is 5.92 Å². The Kier molecular flexibility index (Phi) is 5.38. The second-order valence-corrected chi connectivity index (χ2v) is 7.61. The number of likely N-dealkylation sites (tertiary alicyclic amines) is 1. The van der Waals surface area contributed by atoms with Gasteiger partial charge in [0, 0.05) is 29.2 Å². The van der Waals surface area contributed by atoms with Gasteiger partial charge in [0.25, 0.3) is 5.91 Å². The van der Waals surface area contributed by atoms with Crippen molar-refractivity contribution >= 4 is 29.0 Å². The van der Waals surface area contributed by atoms with Crippen LogP contribution in [0.3, 0.4) is 0 Å². The van der Waals surface area contributed by atoms with E-state index >= 15 is 0 Å². The van der Waals surface area contributed by atoms with E-state index in [0.29, 0.717) is 23.7 Å². The van der Waals surface area contributed by atoms with Gasteiger partial charge in [0.1, 0.15) is 0 Å². The first-order valence-corrected chi connectivity index (χ1v) is 9.42. The number of hydrogen-bond donors (Lipinski definition) is 2. The van der Waals surface area contributed by atoms with E-state index in [1.165, 1.54) is 4.88 Å². The first-order valence-electron chi connectivity index (χ1n) is 8.54. The number of rotatable bonds is 5. The van der Waals surface area contributed by atoms with Gasteiger partial charge < -0.3 is 15.5 Å². The van der Waals surface area contributed by atoms with Gasteiger partial charge >= 0.3 is 6.03 Å². The fraction of sp³-hybridized carbons (Fsp3) is 0.368. The lowest BCUT2D eigenvalue weighted by Gasteiger charge is -2.40. The molecule has 2 heterocycles. The molecule has 0 spiro atoms. The molecule has 5 nitrogen and oxygen atoms in total. The number of benzene rings is 1. The second kappa shape index (κ2) is 7.70. The van der Waals surface area contributed by atoms with Crippen LogP contribution in [-0.2, 0) is 0 Å². The predicted octanol–water partition coefficient (Wildman–Crippen LogP) is 4.11. The van der Waals surface area contributed by atoms with E-state index in [9.17, 15) is 9.59 Å². The quantitative estimate of drug-likeness (QED) is 0.846. The summed E-state index contributed by atoms with van der Waals surface area (Å²) >= 11 is 1.67. The van der Waals surface area contributed by atoms with Crippen LogP contribution in [0.2, 0.25) is 0 Å². The third-order valence-electron chi connectivity index (χ3n) is 4.20. The van der Waals surface area contributed by atoms with Crippen LogP contribution >= 0.6 is 11.3 Å². The van der Waals surface area contributed by atoms with Crippen LogP contribution in [0.15, 0.2) is 41.8 Å². The van der Waals surface area contributed by atoms with Crippen molar-refractivity contribution in [1.82, 2.24) is 10.2 Å². The molecule has 1 atom stereocenters. The summed E-state index contributed by atoms with van der Waals surface area (Å²) in [5.41, 5.74) is 1.19. The SMILES string of the molecule is CC(C)CNC(=O)c1cccc(NC(=O)N2CC[C@H]2c2cccs2)c1. The Morgan fingerprint density at radius 1 is 1.28 bits per heavy atom. The maximum Gasteiger partial charge on any atom is 0.322 e. The van der Waals surface area contributed by atoms with Crippen LogP contribution in [0.4, 0.5) is 10.5 Å². The standard InChI is InChI=1S/C19H23N3O2S/c1-13(2)12-20-18(23)14-5-3-6-15(11-14)21-19(24)22-9-8-16(22)17-7-4-10-25-17/h3-7,10-11,13,16H,8-9,12H2,1-2H3,(H,20,23)(H,21,24)/t16-/m0/s1. The average Bonchev–Trinajstić information content (AvgIpc) is 3.05. The van der Waals surface area contributed by atoms with Gasteiger partial charge in [-0.3, -0.25) is 4.79 Å². The summed E-state index contributed by atoms with van der Waals surface area (Å²) in [4.78, 5) is 27.7. The Hall–Kier alpha value is -2.34. The summed E-state index contributed by atoms with van der Waals surface area (Å²) in [5.74, 6) is 0.276. The number of carbonyl (C=O) groups excluding carboxylic acids is 2. The Balaban J connectivity index is 1.62. The Morgan fingerprint density at radius 2 is 2.12 bits per heavy atom. The molecule has 6 heteroatoms. The number of nitrogens with one attached hydrogen (secondary N) is 2. The first kappa shape index (κ1) is 17.5. The van der Waals surface area contributed by atoms with Gasteiger partial charge in [-0.1, -0.05) is 26.0 Å². The number of urea groups is 1. The molecule has 2 aromatic rings. The molecule has 2 N–H and O–H groups in total. The van der Waals surface area contributed by atoms with Gasteiger partial charge in [-0.2, -0.15) is 0 Å². The zero-order valence-corrected chi connectivity index (χ0v) is 15.3. The van der Waals surface area contributed by atoms with E-state index in [-0.39, 0.29) is 18.0 Å². The summed E-state index contributed by atoms with van der Waals surface area (Å²) in [7, 11) is 0. The lowest BCUT2D eigenvalue weighted by molar-refractivity contribution is 0.0949. The maximum atomic E-state index is 12.5. The van der Waals surface area contributed by atoms with Gasteiger partial charge in [-0.15, -0.1) is 11.3 Å². The molecule has 1 fully saturated rings. The Labute approximate surface area is 152 Å². The molecule has 1 aliphatic rings. The van der Waals surface area contributed by atoms with Crippen molar-refractivity contribution in [2.75, 3.05) is 18.4 Å². The largest absolute Gasteiger partial charge is 0.352 e. The molecular weight excluding hydrogens is 334 g/mol. The average molecular weight is 357 g/mol. The van der Waals surface area contributed by atoms with Crippen molar-refractivity contribution in [3.63, 3.8) is 0 Å². The van der Waals surface area contributed by atoms with Crippen LogP contribution in [-0.4, -0.2) is 29.9 Å². The third kappa shape index (κ3) is 4.20. The van der Waals surface area contributed by atoms with Crippen molar-refractivity contribution in [1.29, 1.82) is 0 Å². The van der Waals surface area contributed by atoms with E-state index in [1.807, 2.05) is 30.2 Å². The molecule has 1 aromatic heterocycles. The smallest absolute Gasteiger partial charge is 0.322 e. The highest BCUT2D eigenvalue weighted by atomic mass is 32.1. The van der Waals surface area contributed by atoms with Crippen LogP contribution in [0.25, 0.3) is 0 Å². The van der Waals surface area contributed by atoms with Crippen molar-refractivity contribution in [3.8, 4) is 0 Å². The van der Waals surface area contributed by atoms with E-state index in [0.717, 1.165) is 13.0 Å². The summed E-state index contributed by atoms with van der Waals surface area (Å²) in [5, 5.41) is 7.83. The molecule has 0 radical (unpaired) electrons. The minimum atomic E-state index is -0.121. The fourth-order valence-corrected chi connectivity index (χ4v) is 3.61. The molecule has 0 unspecified atom stereocenters. The highest BCUT2D eigenvalue weighted by Gasteiger charge is 2.34. The second-order valence-electron chi connectivity index (χ2n) is 6.63. The normalized spacial score (nSPS) is 16.4. The Bertz CT molecular complexity index is 743. The van der Waals surface area contributed by atoms with Crippen molar-refractivity contribution in [3.05, 3.63) is 52.2 Å². The van der Waals surface area contributed by atoms with Crippen LogP contribution < -0.4 is 10.6 Å². The minimum absolute atomic E-state index is 0.120. The molecule has 0 saturated carbocycles. The molecule has 25 heavy (non-hydrogen) atoms. The number of carbonyl (C=O) groups is 2. The number of thiophene rings is 1. The zero-order valence-electron chi connectivity index (χ0n) is 14.5. The molecule has 1 aromatic carbocycles. The first-order chi connectivity index (χ1) is 12.0. The number of hydrogen-bond acceptors (Lipinski definition) is 3. The van der Waals surface area contributed by atoms with E-state index in [2.05, 4.69) is 16.7 Å². The molecule has 1 saturated heterocycles. The molecule has 1 aliphatic heterocycles. The van der Waals surface area contributed by atoms with Crippen LogP contribution in [0.5, 0.6) is 0 Å². The van der Waals surface area contributed by atoms with Gasteiger partial charge in [0.2, 0.25) is 0 Å². The third-order valence-corrected chi connectivity index (χ3v) is 5.17. The van der Waals surface area contributed by atoms with Gasteiger partial charge in [0.15, 0.2) is 0 Å². The van der Waals surface area contributed by atoms with Gasteiger partial charge in [-0.05, 0) is 42.0 Å². The molecular formula is C19H23N3O2S. The molecule has 0 aliphatic carbocycles. The summed E-state index contributed by atoms with van der Waals surface area (Å²) in [6.45, 7) is 5.48. The van der Waals surface area contributed by atoms with Gasteiger partial charge in [0.05, 0.1) is 6.04 Å². The highest BCUT2D eigenvalue weighted by molar-refractivity contribution is 7.10. The molecule has 3 amide bonds. The highest BCUT2D eigenvalue weighted by Crippen LogP contribution is 2.36. The topological polar surface area (TPSA) is 61.4 Å². The van der Waals surface area contributed by atoms with Crippen molar-refractivity contribution in [2.24, 2.45) is 5.92 Å². The van der Waals surface area contributed by atoms with E-state index in [1.54, 1.807) is 35.6 Å². The van der Waals surface area contributed by atoms with Gasteiger partial charge in [-0.25, -0.2) is 4.79 Å². The van der Waals surface area contributed by atoms with E-state index < -0.39 is 0 Å². The number of anilines is 1. The lowest BCUT2D eigenvalue weighted by atomic mass is 10.0. The lowest BCUT2D eigenvalue weighted by Crippen LogP contribution is -2.46. The summed E-state index contributed by atoms with van der Waals surface area (Å²) in [6, 6.07) is 11.2. The Morgan fingerprint density at radius 3 is 2.76 bits per heavy atom. The molecule has 132 valence electrons. The monoisotopic (exact) mass is 357 g/mol. The van der Waals surface area contributed by atoms with E-state index in [4.69, 9.17) is 0 Å². The summed E-state index contributed by atoms with van der Waals surface area (Å²) in [6.07, 6.45) is 0.992.